The summed E-state index contributed by atoms with van der Waals surface area (Å²) >= 11 is 0. The fraction of sp³-hybridized carbons (Fsp3) is 0.364. The molecular formula is C22H25FN2O3. The Morgan fingerprint density at radius 2 is 1.93 bits per heavy atom. The van der Waals surface area contributed by atoms with Crippen LogP contribution in [0.2, 0.25) is 0 Å². The smallest absolute Gasteiger partial charge is 0.229 e. The van der Waals surface area contributed by atoms with Crippen molar-refractivity contribution < 1.29 is 18.7 Å². The van der Waals surface area contributed by atoms with Gasteiger partial charge in [-0.3, -0.25) is 9.59 Å². The summed E-state index contributed by atoms with van der Waals surface area (Å²) in [6, 6.07) is 13.5. The highest BCUT2D eigenvalue weighted by Gasteiger charge is 2.28. The van der Waals surface area contributed by atoms with Crippen molar-refractivity contribution in [2.24, 2.45) is 5.92 Å². The number of carbonyl (C=O) groups is 2. The number of benzene rings is 2. The molecule has 0 saturated carbocycles. The highest BCUT2D eigenvalue weighted by atomic mass is 19.1. The Kier molecular flexibility index (Phi) is 6.76. The Morgan fingerprint density at radius 3 is 2.68 bits per heavy atom. The molecule has 2 aromatic rings. The highest BCUT2D eigenvalue weighted by molar-refractivity contribution is 5.94. The van der Waals surface area contributed by atoms with E-state index in [-0.39, 0.29) is 30.0 Å². The van der Waals surface area contributed by atoms with E-state index in [1.807, 2.05) is 24.3 Å². The summed E-state index contributed by atoms with van der Waals surface area (Å²) in [7, 11) is 1.62. The molecule has 1 saturated heterocycles. The van der Waals surface area contributed by atoms with E-state index < -0.39 is 0 Å². The van der Waals surface area contributed by atoms with Gasteiger partial charge < -0.3 is 15.0 Å². The third-order valence-corrected chi connectivity index (χ3v) is 4.99. The second-order valence-corrected chi connectivity index (χ2v) is 7.06. The second kappa shape index (κ2) is 9.46. The van der Waals surface area contributed by atoms with Gasteiger partial charge in [-0.25, -0.2) is 4.39 Å². The zero-order valence-electron chi connectivity index (χ0n) is 16.0. The summed E-state index contributed by atoms with van der Waals surface area (Å²) < 4.78 is 18.2. The lowest BCUT2D eigenvalue weighted by Gasteiger charge is -2.32. The summed E-state index contributed by atoms with van der Waals surface area (Å²) in [6.07, 6.45) is 1.75. The van der Waals surface area contributed by atoms with E-state index in [4.69, 9.17) is 4.74 Å². The minimum absolute atomic E-state index is 0.0381. The van der Waals surface area contributed by atoms with E-state index in [0.29, 0.717) is 19.7 Å². The molecule has 5 nitrogen and oxygen atoms in total. The van der Waals surface area contributed by atoms with Crippen LogP contribution in [-0.4, -0.2) is 36.9 Å². The van der Waals surface area contributed by atoms with Crippen molar-refractivity contribution in [3.63, 3.8) is 0 Å². The average Bonchev–Trinajstić information content (AvgIpc) is 2.71. The number of amides is 2. The van der Waals surface area contributed by atoms with E-state index in [2.05, 4.69) is 5.32 Å². The molecule has 2 amide bonds. The largest absolute Gasteiger partial charge is 0.380 e. The molecular weight excluding hydrogens is 359 g/mol. The fourth-order valence-electron chi connectivity index (χ4n) is 3.46. The summed E-state index contributed by atoms with van der Waals surface area (Å²) in [6.45, 7) is 1.46. The number of carbonyl (C=O) groups excluding carboxylic acids is 2. The van der Waals surface area contributed by atoms with Crippen LogP contribution in [0.3, 0.4) is 0 Å². The first-order chi connectivity index (χ1) is 13.6. The van der Waals surface area contributed by atoms with Crippen molar-refractivity contribution in [1.29, 1.82) is 0 Å². The number of halogens is 1. The lowest BCUT2D eigenvalue weighted by molar-refractivity contribution is -0.133. The second-order valence-electron chi connectivity index (χ2n) is 7.06. The highest BCUT2D eigenvalue weighted by Crippen LogP contribution is 2.22. The molecule has 1 atom stereocenters. The van der Waals surface area contributed by atoms with Crippen molar-refractivity contribution in [3.05, 3.63) is 65.5 Å². The van der Waals surface area contributed by atoms with Gasteiger partial charge in [0, 0.05) is 31.5 Å². The summed E-state index contributed by atoms with van der Waals surface area (Å²) in [5.74, 6) is -0.687. The molecule has 0 bridgehead atoms. The summed E-state index contributed by atoms with van der Waals surface area (Å²) in [5, 5.41) is 2.98. The number of methoxy groups -OCH3 is 1. The lowest BCUT2D eigenvalue weighted by atomic mass is 9.96. The van der Waals surface area contributed by atoms with Gasteiger partial charge in [0.05, 0.1) is 18.9 Å². The summed E-state index contributed by atoms with van der Waals surface area (Å²) in [5.41, 5.74) is 2.42. The molecule has 6 heteroatoms. The van der Waals surface area contributed by atoms with Crippen LogP contribution >= 0.6 is 0 Å². The minimum atomic E-state index is -0.320. The number of hydrogen-bond donors (Lipinski definition) is 1. The zero-order chi connectivity index (χ0) is 19.9. The van der Waals surface area contributed by atoms with Gasteiger partial charge >= 0.3 is 0 Å². The van der Waals surface area contributed by atoms with Crippen molar-refractivity contribution in [3.8, 4) is 0 Å². The van der Waals surface area contributed by atoms with E-state index >= 15 is 0 Å². The van der Waals surface area contributed by atoms with Crippen LogP contribution in [0.1, 0.15) is 24.0 Å². The SMILES string of the molecule is COCc1ccccc1NC(=O)C1CCCN(C(=O)Cc2ccc(F)cc2)C1. The monoisotopic (exact) mass is 384 g/mol. The molecule has 2 aromatic carbocycles. The number of para-hydroxylation sites is 1. The number of ether oxygens (including phenoxy) is 1. The van der Waals surface area contributed by atoms with E-state index in [9.17, 15) is 14.0 Å². The average molecular weight is 384 g/mol. The predicted molar refractivity (Wildman–Crippen MR) is 105 cm³/mol. The maximum atomic E-state index is 13.0. The Balaban J connectivity index is 1.60. The van der Waals surface area contributed by atoms with Gasteiger partial charge in [-0.2, -0.15) is 0 Å². The van der Waals surface area contributed by atoms with Gasteiger partial charge in [-0.05, 0) is 36.6 Å². The van der Waals surface area contributed by atoms with Crippen LogP contribution in [0.4, 0.5) is 10.1 Å². The topological polar surface area (TPSA) is 58.6 Å². The molecule has 1 unspecified atom stereocenters. The van der Waals surface area contributed by atoms with Crippen molar-refractivity contribution in [2.75, 3.05) is 25.5 Å². The van der Waals surface area contributed by atoms with Crippen LogP contribution in [0.15, 0.2) is 48.5 Å². The Morgan fingerprint density at radius 1 is 1.18 bits per heavy atom. The molecule has 1 aliphatic heterocycles. The minimum Gasteiger partial charge on any atom is -0.380 e. The van der Waals surface area contributed by atoms with Crippen molar-refractivity contribution in [1.82, 2.24) is 4.90 Å². The summed E-state index contributed by atoms with van der Waals surface area (Å²) in [4.78, 5) is 27.1. The number of hydrogen-bond acceptors (Lipinski definition) is 3. The fourth-order valence-corrected chi connectivity index (χ4v) is 3.46. The number of nitrogens with zero attached hydrogens (tertiary/aromatic N) is 1. The van der Waals surface area contributed by atoms with Crippen LogP contribution in [-0.2, 0) is 27.4 Å². The van der Waals surface area contributed by atoms with E-state index in [1.165, 1.54) is 12.1 Å². The molecule has 0 aromatic heterocycles. The van der Waals surface area contributed by atoms with Crippen molar-refractivity contribution in [2.45, 2.75) is 25.9 Å². The van der Waals surface area contributed by atoms with Crippen LogP contribution in [0.25, 0.3) is 0 Å². The molecule has 28 heavy (non-hydrogen) atoms. The van der Waals surface area contributed by atoms with E-state index in [1.54, 1.807) is 24.1 Å². The first-order valence-corrected chi connectivity index (χ1v) is 9.46. The normalized spacial score (nSPS) is 16.6. The number of anilines is 1. The lowest BCUT2D eigenvalue weighted by Crippen LogP contribution is -2.44. The van der Waals surface area contributed by atoms with Gasteiger partial charge in [0.15, 0.2) is 0 Å². The first-order valence-electron chi connectivity index (χ1n) is 9.46. The molecule has 148 valence electrons. The number of rotatable bonds is 6. The number of piperidine rings is 1. The molecule has 1 fully saturated rings. The molecule has 1 N–H and O–H groups in total. The van der Waals surface area contributed by atoms with Crippen molar-refractivity contribution >= 4 is 17.5 Å². The Labute approximate surface area is 164 Å². The third kappa shape index (κ3) is 5.16. The van der Waals surface area contributed by atoms with Gasteiger partial charge in [0.1, 0.15) is 5.82 Å². The van der Waals surface area contributed by atoms with Crippen LogP contribution in [0, 0.1) is 11.7 Å². The number of likely N-dealkylation sites (tertiary alicyclic amines) is 1. The molecule has 0 aliphatic carbocycles. The first kappa shape index (κ1) is 20.0. The molecule has 0 spiro atoms. The molecule has 1 aliphatic rings. The van der Waals surface area contributed by atoms with Gasteiger partial charge in [0.2, 0.25) is 11.8 Å². The van der Waals surface area contributed by atoms with Crippen LogP contribution < -0.4 is 5.32 Å². The quantitative estimate of drug-likeness (QED) is 0.831. The number of nitrogens with one attached hydrogen (secondary N) is 1. The molecule has 0 radical (unpaired) electrons. The van der Waals surface area contributed by atoms with Gasteiger partial charge in [-0.1, -0.05) is 30.3 Å². The standard InChI is InChI=1S/C22H25FN2O3/c1-28-15-18-5-2-3-7-20(18)24-22(27)17-6-4-12-25(14-17)21(26)13-16-8-10-19(23)11-9-16/h2-3,5,7-11,17H,4,6,12-15H2,1H3,(H,24,27). The predicted octanol–water partition coefficient (Wildman–Crippen LogP) is 3.39. The zero-order valence-corrected chi connectivity index (χ0v) is 16.0. The van der Waals surface area contributed by atoms with E-state index in [0.717, 1.165) is 29.7 Å². The Bertz CT molecular complexity index is 823. The van der Waals surface area contributed by atoms with Gasteiger partial charge in [0.25, 0.3) is 0 Å². The Hall–Kier alpha value is -2.73. The van der Waals surface area contributed by atoms with Crippen LogP contribution in [0.5, 0.6) is 0 Å². The van der Waals surface area contributed by atoms with Gasteiger partial charge in [-0.15, -0.1) is 0 Å². The maximum absolute atomic E-state index is 13.0. The molecule has 1 heterocycles. The maximum Gasteiger partial charge on any atom is 0.229 e. The molecule has 3 rings (SSSR count). The third-order valence-electron chi connectivity index (χ3n) is 4.99.